The van der Waals surface area contributed by atoms with E-state index >= 15 is 0 Å². The van der Waals surface area contributed by atoms with Crippen LogP contribution in [0.1, 0.15) is 70.8 Å². The summed E-state index contributed by atoms with van der Waals surface area (Å²) in [4.78, 5) is 10.2. The van der Waals surface area contributed by atoms with Crippen LogP contribution in [0.15, 0.2) is 29.3 Å². The Labute approximate surface area is 188 Å². The van der Waals surface area contributed by atoms with E-state index in [1.165, 1.54) is 25.0 Å². The van der Waals surface area contributed by atoms with E-state index < -0.39 is 11.7 Å². The highest BCUT2D eigenvalue weighted by Gasteiger charge is 2.52. The van der Waals surface area contributed by atoms with Gasteiger partial charge >= 0.3 is 6.18 Å². The van der Waals surface area contributed by atoms with Crippen LogP contribution in [-0.4, -0.2) is 40.9 Å². The zero-order valence-electron chi connectivity index (χ0n) is 18.4. The van der Waals surface area contributed by atoms with Crippen LogP contribution in [0.3, 0.4) is 0 Å². The van der Waals surface area contributed by atoms with Crippen molar-refractivity contribution in [1.82, 2.24) is 4.90 Å². The van der Waals surface area contributed by atoms with Crippen LogP contribution in [0.2, 0.25) is 0 Å². The number of likely N-dealkylation sites (tertiary alicyclic amines) is 1. The van der Waals surface area contributed by atoms with Crippen LogP contribution in [0.5, 0.6) is 0 Å². The molecule has 170 valence electrons. The van der Waals surface area contributed by atoms with Crippen LogP contribution in [-0.2, 0) is 6.18 Å². The minimum atomic E-state index is -4.39. The van der Waals surface area contributed by atoms with Crippen molar-refractivity contribution in [2.45, 2.75) is 83.5 Å². The standard InChI is InChI=1S/C24H32F3N3S/c1-23(2)20(29-14-7-4-8-15-29)21(28-18-11-5-3-6-12-18)30(22(23)31)19-13-9-10-17(16-19)24(25,26)27/h9-10,13,16,18,20H,3-8,11-12,14-15H2,1-2H3. The van der Waals surface area contributed by atoms with Gasteiger partial charge in [-0.2, -0.15) is 13.2 Å². The largest absolute Gasteiger partial charge is 0.416 e. The molecule has 4 rings (SSSR count). The molecule has 0 amide bonds. The molecule has 1 saturated carbocycles. The smallest absolute Gasteiger partial charge is 0.293 e. The lowest BCUT2D eigenvalue weighted by atomic mass is 9.85. The van der Waals surface area contributed by atoms with Crippen molar-refractivity contribution < 1.29 is 13.2 Å². The second-order valence-corrected chi connectivity index (χ2v) is 10.1. The second kappa shape index (κ2) is 8.81. The fourth-order valence-electron chi connectivity index (χ4n) is 5.35. The summed E-state index contributed by atoms with van der Waals surface area (Å²) in [7, 11) is 0. The number of benzene rings is 1. The molecule has 3 aliphatic rings. The predicted octanol–water partition coefficient (Wildman–Crippen LogP) is 6.46. The minimum absolute atomic E-state index is 0.00299. The number of thiocarbonyl (C=S) groups is 1. The molecule has 2 aliphatic heterocycles. The van der Waals surface area contributed by atoms with E-state index in [2.05, 4.69) is 18.7 Å². The molecule has 7 heteroatoms. The number of halogens is 3. The van der Waals surface area contributed by atoms with E-state index in [9.17, 15) is 13.2 Å². The molecule has 0 N–H and O–H groups in total. The van der Waals surface area contributed by atoms with Crippen molar-refractivity contribution in [3.8, 4) is 0 Å². The molecule has 3 nitrogen and oxygen atoms in total. The number of amidine groups is 1. The summed E-state index contributed by atoms with van der Waals surface area (Å²) < 4.78 is 40.4. The lowest BCUT2D eigenvalue weighted by Gasteiger charge is -2.38. The Hall–Kier alpha value is -1.47. The third-order valence-corrected chi connectivity index (χ3v) is 7.70. The first-order valence-electron chi connectivity index (χ1n) is 11.5. The van der Waals surface area contributed by atoms with Gasteiger partial charge in [0.2, 0.25) is 0 Å². The van der Waals surface area contributed by atoms with E-state index in [1.54, 1.807) is 6.07 Å². The molecule has 2 saturated heterocycles. The molecule has 1 aliphatic carbocycles. The number of piperidine rings is 1. The first-order valence-corrected chi connectivity index (χ1v) is 11.9. The fraction of sp³-hybridized carbons (Fsp3) is 0.667. The van der Waals surface area contributed by atoms with Crippen molar-refractivity contribution in [3.05, 3.63) is 29.8 Å². The van der Waals surface area contributed by atoms with Gasteiger partial charge in [0.15, 0.2) is 0 Å². The van der Waals surface area contributed by atoms with Gasteiger partial charge in [0, 0.05) is 11.1 Å². The Morgan fingerprint density at radius 3 is 2.29 bits per heavy atom. The number of hydrogen-bond donors (Lipinski definition) is 0. The van der Waals surface area contributed by atoms with Crippen molar-refractivity contribution in [1.29, 1.82) is 0 Å². The first kappa shape index (κ1) is 22.7. The summed E-state index contributed by atoms with van der Waals surface area (Å²) in [5.41, 5.74) is -0.556. The monoisotopic (exact) mass is 451 g/mol. The topological polar surface area (TPSA) is 18.8 Å². The highest BCUT2D eigenvalue weighted by molar-refractivity contribution is 7.80. The van der Waals surface area contributed by atoms with Gasteiger partial charge in [-0.25, -0.2) is 0 Å². The molecule has 1 unspecified atom stereocenters. The van der Waals surface area contributed by atoms with Gasteiger partial charge < -0.3 is 0 Å². The third-order valence-electron chi connectivity index (χ3n) is 6.99. The molecular weight excluding hydrogens is 419 g/mol. The van der Waals surface area contributed by atoms with Gasteiger partial charge in [-0.3, -0.25) is 14.8 Å². The molecule has 3 fully saturated rings. The van der Waals surface area contributed by atoms with Gasteiger partial charge in [-0.05, 0) is 57.0 Å². The number of hydrogen-bond acceptors (Lipinski definition) is 3. The van der Waals surface area contributed by atoms with Gasteiger partial charge in [-0.15, -0.1) is 0 Å². The molecular formula is C24H32F3N3S. The second-order valence-electron chi connectivity index (χ2n) is 9.69. The summed E-state index contributed by atoms with van der Waals surface area (Å²) in [5, 5.41) is 0. The first-order chi connectivity index (χ1) is 14.7. The molecule has 1 atom stereocenters. The van der Waals surface area contributed by atoms with Crippen LogP contribution in [0, 0.1) is 5.41 Å². The zero-order chi connectivity index (χ0) is 22.2. The van der Waals surface area contributed by atoms with E-state index in [-0.39, 0.29) is 17.5 Å². The van der Waals surface area contributed by atoms with Gasteiger partial charge in [0.05, 0.1) is 22.6 Å². The van der Waals surface area contributed by atoms with E-state index in [4.69, 9.17) is 17.2 Å². The number of anilines is 1. The fourth-order valence-corrected chi connectivity index (χ4v) is 5.66. The van der Waals surface area contributed by atoms with Gasteiger partial charge in [0.1, 0.15) is 5.84 Å². The highest BCUT2D eigenvalue weighted by Crippen LogP contribution is 2.43. The summed E-state index contributed by atoms with van der Waals surface area (Å²) in [5.74, 6) is 0.850. The Bertz CT molecular complexity index is 837. The van der Waals surface area contributed by atoms with Crippen LogP contribution in [0.4, 0.5) is 18.9 Å². The molecule has 0 bridgehead atoms. The van der Waals surface area contributed by atoms with E-state index in [1.807, 2.05) is 4.90 Å². The van der Waals surface area contributed by atoms with Crippen LogP contribution < -0.4 is 4.90 Å². The van der Waals surface area contributed by atoms with Crippen molar-refractivity contribution in [2.24, 2.45) is 10.4 Å². The normalized spacial score (nSPS) is 27.3. The summed E-state index contributed by atoms with van der Waals surface area (Å²) in [6.45, 7) is 6.21. The van der Waals surface area contributed by atoms with Gasteiger partial charge in [-0.1, -0.05) is 57.8 Å². The van der Waals surface area contributed by atoms with Crippen LogP contribution in [0.25, 0.3) is 0 Å². The highest BCUT2D eigenvalue weighted by atomic mass is 32.1. The maximum atomic E-state index is 13.5. The van der Waals surface area contributed by atoms with Crippen molar-refractivity contribution in [2.75, 3.05) is 18.0 Å². The lowest BCUT2D eigenvalue weighted by Crippen LogP contribution is -2.50. The van der Waals surface area contributed by atoms with Crippen LogP contribution >= 0.6 is 12.2 Å². The average Bonchev–Trinajstić information content (AvgIpc) is 2.94. The molecule has 2 heterocycles. The molecule has 1 aromatic rings. The summed E-state index contributed by atoms with van der Waals surface area (Å²) >= 11 is 5.92. The van der Waals surface area contributed by atoms with E-state index in [0.717, 1.165) is 63.5 Å². The SMILES string of the molecule is CC1(C)C(=S)N(c2cccc(C(F)(F)F)c2)C(=NC2CCCCC2)C1N1CCCCC1. The Balaban J connectivity index is 1.80. The molecule has 0 radical (unpaired) electrons. The zero-order valence-corrected chi connectivity index (χ0v) is 19.2. The summed E-state index contributed by atoms with van der Waals surface area (Å²) in [6, 6.07) is 5.76. The van der Waals surface area contributed by atoms with E-state index in [0.29, 0.717) is 10.7 Å². The number of aliphatic imine (C=N–C) groups is 1. The molecule has 0 spiro atoms. The van der Waals surface area contributed by atoms with Crippen molar-refractivity contribution >= 4 is 28.7 Å². The lowest BCUT2D eigenvalue weighted by molar-refractivity contribution is -0.137. The maximum Gasteiger partial charge on any atom is 0.416 e. The number of rotatable bonds is 3. The minimum Gasteiger partial charge on any atom is -0.293 e. The quantitative estimate of drug-likeness (QED) is 0.491. The Kier molecular flexibility index (Phi) is 6.46. The number of alkyl halides is 3. The summed E-state index contributed by atoms with van der Waals surface area (Å²) in [6.07, 6.45) is 4.75. The Morgan fingerprint density at radius 1 is 1.00 bits per heavy atom. The molecule has 0 aromatic heterocycles. The van der Waals surface area contributed by atoms with Crippen molar-refractivity contribution in [3.63, 3.8) is 0 Å². The Morgan fingerprint density at radius 2 is 1.65 bits per heavy atom. The molecule has 1 aromatic carbocycles. The number of nitrogens with zero attached hydrogens (tertiary/aromatic N) is 3. The predicted molar refractivity (Wildman–Crippen MR) is 124 cm³/mol. The molecule has 31 heavy (non-hydrogen) atoms. The third kappa shape index (κ3) is 4.54. The maximum absolute atomic E-state index is 13.5. The van der Waals surface area contributed by atoms with Gasteiger partial charge in [0.25, 0.3) is 0 Å². The average molecular weight is 452 g/mol.